The number of anilines is 1. The van der Waals surface area contributed by atoms with Gasteiger partial charge in [-0.2, -0.15) is 0 Å². The van der Waals surface area contributed by atoms with Crippen LogP contribution < -0.4 is 5.32 Å². The number of benzene rings is 2. The van der Waals surface area contributed by atoms with Gasteiger partial charge in [-0.1, -0.05) is 11.6 Å². The Balaban J connectivity index is 1.94. The second-order valence-corrected chi connectivity index (χ2v) is 5.21. The largest absolute Gasteiger partial charge is 0.350 e. The van der Waals surface area contributed by atoms with Crippen LogP contribution in [0.5, 0.6) is 0 Å². The number of rotatable bonds is 2. The Hall–Kier alpha value is -2.33. The van der Waals surface area contributed by atoms with Gasteiger partial charge in [-0.05, 0) is 55.0 Å². The minimum absolute atomic E-state index is 0.272. The maximum atomic E-state index is 12.9. The molecule has 3 aromatic rings. The van der Waals surface area contributed by atoms with Crippen LogP contribution in [0.4, 0.5) is 10.1 Å². The summed E-state index contributed by atoms with van der Waals surface area (Å²) in [5, 5.41) is 4.26. The van der Waals surface area contributed by atoms with Gasteiger partial charge in [-0.15, -0.1) is 0 Å². The molecule has 21 heavy (non-hydrogen) atoms. The molecule has 1 aromatic heterocycles. The Morgan fingerprint density at radius 2 is 1.90 bits per heavy atom. The molecular formula is C16H12ClFN2O. The molecule has 0 fully saturated rings. The van der Waals surface area contributed by atoms with E-state index in [4.69, 9.17) is 11.6 Å². The molecule has 106 valence electrons. The number of fused-ring (bicyclic) bond motifs is 1. The normalized spacial score (nSPS) is 10.8. The number of amides is 1. The summed E-state index contributed by atoms with van der Waals surface area (Å²) in [5.74, 6) is -0.615. The van der Waals surface area contributed by atoms with Crippen LogP contribution in [-0.4, -0.2) is 10.9 Å². The Kier molecular flexibility index (Phi) is 3.39. The van der Waals surface area contributed by atoms with Crippen LogP contribution in [-0.2, 0) is 0 Å². The van der Waals surface area contributed by atoms with Crippen molar-refractivity contribution in [1.29, 1.82) is 0 Å². The molecule has 0 aliphatic heterocycles. The lowest BCUT2D eigenvalue weighted by Crippen LogP contribution is -2.13. The fraction of sp³-hybridized carbons (Fsp3) is 0.0625. The summed E-state index contributed by atoms with van der Waals surface area (Å²) < 4.78 is 12.9. The molecule has 5 heteroatoms. The molecule has 0 aliphatic carbocycles. The SMILES string of the molecule is Cc1c(C(=O)Nc2ccc(F)cc2)[nH]c2ccc(Cl)cc12. The van der Waals surface area contributed by atoms with E-state index in [0.717, 1.165) is 16.5 Å². The Morgan fingerprint density at radius 3 is 2.62 bits per heavy atom. The maximum absolute atomic E-state index is 12.9. The molecule has 0 saturated carbocycles. The summed E-state index contributed by atoms with van der Waals surface area (Å²) in [5.41, 5.74) is 2.68. The highest BCUT2D eigenvalue weighted by Crippen LogP contribution is 2.25. The van der Waals surface area contributed by atoms with Gasteiger partial charge in [0, 0.05) is 21.6 Å². The zero-order chi connectivity index (χ0) is 15.0. The average molecular weight is 303 g/mol. The predicted molar refractivity (Wildman–Crippen MR) is 82.4 cm³/mol. The standard InChI is InChI=1S/C16H12ClFN2O/c1-9-13-8-10(17)2-7-14(13)20-15(9)16(21)19-12-5-3-11(18)4-6-12/h2-8,20H,1H3,(H,19,21). The zero-order valence-electron chi connectivity index (χ0n) is 11.2. The van der Waals surface area contributed by atoms with E-state index in [2.05, 4.69) is 10.3 Å². The number of aromatic nitrogens is 1. The van der Waals surface area contributed by atoms with Gasteiger partial charge in [0.1, 0.15) is 11.5 Å². The minimum Gasteiger partial charge on any atom is -0.350 e. The van der Waals surface area contributed by atoms with Crippen LogP contribution in [0.2, 0.25) is 5.02 Å². The van der Waals surface area contributed by atoms with E-state index in [0.29, 0.717) is 16.4 Å². The first-order valence-electron chi connectivity index (χ1n) is 6.39. The third kappa shape index (κ3) is 2.62. The molecule has 0 bridgehead atoms. The van der Waals surface area contributed by atoms with Crippen molar-refractivity contribution in [2.75, 3.05) is 5.32 Å². The van der Waals surface area contributed by atoms with Crippen molar-refractivity contribution in [3.8, 4) is 0 Å². The lowest BCUT2D eigenvalue weighted by atomic mass is 10.1. The molecule has 0 radical (unpaired) electrons. The van der Waals surface area contributed by atoms with Crippen LogP contribution in [0.25, 0.3) is 10.9 Å². The summed E-state index contributed by atoms with van der Waals surface area (Å²) in [4.78, 5) is 15.4. The van der Waals surface area contributed by atoms with Gasteiger partial charge in [-0.3, -0.25) is 4.79 Å². The van der Waals surface area contributed by atoms with Crippen molar-refractivity contribution in [1.82, 2.24) is 4.98 Å². The van der Waals surface area contributed by atoms with E-state index >= 15 is 0 Å². The molecule has 2 N–H and O–H groups in total. The monoisotopic (exact) mass is 302 g/mol. The summed E-state index contributed by atoms with van der Waals surface area (Å²) in [7, 11) is 0. The molecule has 2 aromatic carbocycles. The minimum atomic E-state index is -0.343. The fourth-order valence-electron chi connectivity index (χ4n) is 2.25. The molecule has 0 unspecified atom stereocenters. The number of hydrogen-bond acceptors (Lipinski definition) is 1. The van der Waals surface area contributed by atoms with E-state index < -0.39 is 0 Å². The zero-order valence-corrected chi connectivity index (χ0v) is 12.0. The number of H-pyrrole nitrogens is 1. The van der Waals surface area contributed by atoms with Gasteiger partial charge in [-0.25, -0.2) is 4.39 Å². The quantitative estimate of drug-likeness (QED) is 0.718. The van der Waals surface area contributed by atoms with Crippen molar-refractivity contribution in [2.45, 2.75) is 6.92 Å². The number of carbonyl (C=O) groups is 1. The van der Waals surface area contributed by atoms with E-state index in [9.17, 15) is 9.18 Å². The first-order chi connectivity index (χ1) is 10.0. The average Bonchev–Trinajstić information content (AvgIpc) is 2.79. The van der Waals surface area contributed by atoms with Crippen molar-refractivity contribution in [3.63, 3.8) is 0 Å². The lowest BCUT2D eigenvalue weighted by molar-refractivity contribution is 0.102. The first kappa shape index (κ1) is 13.6. The Bertz CT molecular complexity index is 824. The fourth-order valence-corrected chi connectivity index (χ4v) is 2.42. The number of nitrogens with one attached hydrogen (secondary N) is 2. The summed E-state index contributed by atoms with van der Waals surface area (Å²) in [6.45, 7) is 1.86. The van der Waals surface area contributed by atoms with Crippen molar-refractivity contribution < 1.29 is 9.18 Å². The Morgan fingerprint density at radius 1 is 1.19 bits per heavy atom. The van der Waals surface area contributed by atoms with Gasteiger partial charge >= 0.3 is 0 Å². The van der Waals surface area contributed by atoms with E-state index in [-0.39, 0.29) is 11.7 Å². The third-order valence-electron chi connectivity index (χ3n) is 3.35. The van der Waals surface area contributed by atoms with E-state index in [1.165, 1.54) is 24.3 Å². The smallest absolute Gasteiger partial charge is 0.272 e. The molecule has 0 atom stereocenters. The van der Waals surface area contributed by atoms with Crippen LogP contribution >= 0.6 is 11.6 Å². The van der Waals surface area contributed by atoms with Crippen LogP contribution in [0.3, 0.4) is 0 Å². The van der Waals surface area contributed by atoms with Gasteiger partial charge in [0.05, 0.1) is 0 Å². The highest BCUT2D eigenvalue weighted by molar-refractivity contribution is 6.31. The molecular weight excluding hydrogens is 291 g/mol. The van der Waals surface area contributed by atoms with Crippen LogP contribution in [0.1, 0.15) is 16.1 Å². The molecule has 1 amide bonds. The molecule has 0 spiro atoms. The summed E-state index contributed by atoms with van der Waals surface area (Å²) in [6.07, 6.45) is 0. The predicted octanol–water partition coefficient (Wildman–Crippen LogP) is 4.52. The van der Waals surface area contributed by atoms with E-state index in [1.54, 1.807) is 6.07 Å². The van der Waals surface area contributed by atoms with Gasteiger partial charge in [0.2, 0.25) is 0 Å². The molecule has 1 heterocycles. The molecule has 0 aliphatic rings. The lowest BCUT2D eigenvalue weighted by Gasteiger charge is -2.04. The second kappa shape index (κ2) is 5.22. The van der Waals surface area contributed by atoms with Gasteiger partial charge in [0.15, 0.2) is 0 Å². The number of aromatic amines is 1. The van der Waals surface area contributed by atoms with Gasteiger partial charge < -0.3 is 10.3 Å². The van der Waals surface area contributed by atoms with Crippen LogP contribution in [0, 0.1) is 12.7 Å². The summed E-state index contributed by atoms with van der Waals surface area (Å²) >= 11 is 5.97. The summed E-state index contributed by atoms with van der Waals surface area (Å²) in [6, 6.07) is 11.0. The Labute approximate surface area is 125 Å². The number of aryl methyl sites for hydroxylation is 1. The third-order valence-corrected chi connectivity index (χ3v) is 3.58. The van der Waals surface area contributed by atoms with E-state index in [1.807, 2.05) is 19.1 Å². The highest BCUT2D eigenvalue weighted by Gasteiger charge is 2.15. The molecule has 3 rings (SSSR count). The number of hydrogen-bond donors (Lipinski definition) is 2. The first-order valence-corrected chi connectivity index (χ1v) is 6.77. The molecule has 3 nitrogen and oxygen atoms in total. The van der Waals surface area contributed by atoms with Gasteiger partial charge in [0.25, 0.3) is 5.91 Å². The van der Waals surface area contributed by atoms with Crippen LogP contribution in [0.15, 0.2) is 42.5 Å². The van der Waals surface area contributed by atoms with Crippen molar-refractivity contribution >= 4 is 34.1 Å². The van der Waals surface area contributed by atoms with Crippen molar-refractivity contribution in [3.05, 3.63) is 64.6 Å². The number of halogens is 2. The highest BCUT2D eigenvalue weighted by atomic mass is 35.5. The second-order valence-electron chi connectivity index (χ2n) is 4.78. The molecule has 0 saturated heterocycles. The number of carbonyl (C=O) groups excluding carboxylic acids is 1. The maximum Gasteiger partial charge on any atom is 0.272 e. The topological polar surface area (TPSA) is 44.9 Å². The van der Waals surface area contributed by atoms with Crippen molar-refractivity contribution in [2.24, 2.45) is 0 Å².